The van der Waals surface area contributed by atoms with E-state index in [0.717, 1.165) is 18.5 Å². The number of amides is 1. The summed E-state index contributed by atoms with van der Waals surface area (Å²) in [6, 6.07) is 8.65. The zero-order chi connectivity index (χ0) is 18.4. The van der Waals surface area contributed by atoms with E-state index in [1.165, 1.54) is 10.7 Å². The van der Waals surface area contributed by atoms with Crippen LogP contribution in [0.3, 0.4) is 0 Å². The Kier molecular flexibility index (Phi) is 6.24. The van der Waals surface area contributed by atoms with E-state index in [2.05, 4.69) is 15.3 Å². The normalized spacial score (nSPS) is 10.9. The van der Waals surface area contributed by atoms with Gasteiger partial charge in [-0.05, 0) is 50.5 Å². The number of nitrogens with one attached hydrogen (secondary N) is 1. The number of carbonyl (C=O) groups excluding carboxylic acids is 1. The molecule has 0 spiro atoms. The molecule has 0 atom stereocenters. The Balaban J connectivity index is 2.10. The molecule has 0 aliphatic carbocycles. The van der Waals surface area contributed by atoms with E-state index in [4.69, 9.17) is 0 Å². The summed E-state index contributed by atoms with van der Waals surface area (Å²) < 4.78 is 1.54. The van der Waals surface area contributed by atoms with E-state index in [1.807, 2.05) is 26.2 Å². The minimum atomic E-state index is -0.521. The van der Waals surface area contributed by atoms with Crippen molar-refractivity contribution in [2.45, 2.75) is 19.9 Å². The van der Waals surface area contributed by atoms with E-state index in [0.29, 0.717) is 24.3 Å². The highest BCUT2D eigenvalue weighted by atomic mass is 16.6. The zero-order valence-electron chi connectivity index (χ0n) is 14.7. The molecule has 0 fully saturated rings. The molecule has 0 radical (unpaired) electrons. The number of nitrogens with zero attached hydrogens (tertiary/aromatic N) is 4. The maximum absolute atomic E-state index is 12.4. The summed E-state index contributed by atoms with van der Waals surface area (Å²) in [7, 11) is 3.98. The summed E-state index contributed by atoms with van der Waals surface area (Å²) in [5, 5.41) is 17.7. The van der Waals surface area contributed by atoms with Crippen molar-refractivity contribution in [3.05, 3.63) is 57.3 Å². The molecule has 1 heterocycles. The maximum atomic E-state index is 12.4. The van der Waals surface area contributed by atoms with E-state index >= 15 is 0 Å². The van der Waals surface area contributed by atoms with Crippen LogP contribution in [0.1, 0.15) is 28.0 Å². The van der Waals surface area contributed by atoms with Gasteiger partial charge in [-0.25, -0.2) is 0 Å². The van der Waals surface area contributed by atoms with Crippen LogP contribution in [0, 0.1) is 17.0 Å². The molecule has 0 aliphatic heterocycles. The van der Waals surface area contributed by atoms with Crippen molar-refractivity contribution in [3.63, 3.8) is 0 Å². The highest BCUT2D eigenvalue weighted by Crippen LogP contribution is 2.15. The van der Waals surface area contributed by atoms with E-state index < -0.39 is 4.92 Å². The third kappa shape index (κ3) is 5.12. The second-order valence-corrected chi connectivity index (χ2v) is 6.13. The molecule has 0 saturated carbocycles. The number of rotatable bonds is 8. The number of aromatic nitrogens is 2. The fourth-order valence-electron chi connectivity index (χ4n) is 2.48. The lowest BCUT2D eigenvalue weighted by Crippen LogP contribution is -2.28. The fourth-order valence-corrected chi connectivity index (χ4v) is 2.48. The Morgan fingerprint density at radius 1 is 1.36 bits per heavy atom. The van der Waals surface area contributed by atoms with Crippen LogP contribution in [0.25, 0.3) is 0 Å². The van der Waals surface area contributed by atoms with Crippen molar-refractivity contribution in [1.29, 1.82) is 0 Å². The van der Waals surface area contributed by atoms with Gasteiger partial charge in [0, 0.05) is 12.1 Å². The summed E-state index contributed by atoms with van der Waals surface area (Å²) in [5.74, 6) is -0.336. The molecule has 1 aromatic carbocycles. The maximum Gasteiger partial charge on any atom is 0.390 e. The predicted molar refractivity (Wildman–Crippen MR) is 94.7 cm³/mol. The number of aryl methyl sites for hydroxylation is 1. The van der Waals surface area contributed by atoms with Gasteiger partial charge in [-0.15, -0.1) is 0 Å². The molecular weight excluding hydrogens is 322 g/mol. The standard InChI is InChI=1S/C17H23N5O3/c1-13-11-16(22(24)25)19-21(13)12-14-7-4-5-8-15(14)17(23)18-9-6-10-20(2)3/h4-5,7-8,11H,6,9-10,12H2,1-3H3,(H,18,23). The number of carbonyl (C=O) groups is 1. The molecule has 0 bridgehead atoms. The summed E-state index contributed by atoms with van der Waals surface area (Å²) in [6.45, 7) is 3.56. The lowest BCUT2D eigenvalue weighted by Gasteiger charge is -2.12. The van der Waals surface area contributed by atoms with Crippen LogP contribution in [-0.4, -0.2) is 52.7 Å². The first-order valence-electron chi connectivity index (χ1n) is 8.08. The van der Waals surface area contributed by atoms with Gasteiger partial charge in [-0.2, -0.15) is 4.68 Å². The number of nitro groups is 1. The van der Waals surface area contributed by atoms with Gasteiger partial charge in [-0.3, -0.25) is 4.79 Å². The van der Waals surface area contributed by atoms with Gasteiger partial charge >= 0.3 is 5.82 Å². The number of hydrogen-bond donors (Lipinski definition) is 1. The summed E-state index contributed by atoms with van der Waals surface area (Å²) in [5.41, 5.74) is 2.01. The van der Waals surface area contributed by atoms with Crippen molar-refractivity contribution in [3.8, 4) is 0 Å². The van der Waals surface area contributed by atoms with Gasteiger partial charge in [0.2, 0.25) is 0 Å². The quantitative estimate of drug-likeness (QED) is 0.447. The van der Waals surface area contributed by atoms with Crippen molar-refractivity contribution < 1.29 is 9.72 Å². The fraction of sp³-hybridized carbons (Fsp3) is 0.412. The van der Waals surface area contributed by atoms with Crippen LogP contribution in [-0.2, 0) is 6.54 Å². The van der Waals surface area contributed by atoms with Crippen LogP contribution in [0.5, 0.6) is 0 Å². The summed E-state index contributed by atoms with van der Waals surface area (Å²) >= 11 is 0. The monoisotopic (exact) mass is 345 g/mol. The molecule has 134 valence electrons. The first-order chi connectivity index (χ1) is 11.9. The number of benzene rings is 1. The average molecular weight is 345 g/mol. The van der Waals surface area contributed by atoms with Gasteiger partial charge in [0.1, 0.15) is 0 Å². The van der Waals surface area contributed by atoms with E-state index in [1.54, 1.807) is 19.1 Å². The molecule has 1 aromatic heterocycles. The molecule has 1 amide bonds. The Bertz CT molecular complexity index is 754. The Morgan fingerprint density at radius 3 is 2.72 bits per heavy atom. The lowest BCUT2D eigenvalue weighted by atomic mass is 10.1. The van der Waals surface area contributed by atoms with Gasteiger partial charge in [0.25, 0.3) is 5.91 Å². The summed E-state index contributed by atoms with van der Waals surface area (Å²) in [6.07, 6.45) is 0.866. The van der Waals surface area contributed by atoms with Crippen molar-refractivity contribution in [1.82, 2.24) is 20.0 Å². The average Bonchev–Trinajstić information content (AvgIpc) is 2.93. The van der Waals surface area contributed by atoms with Gasteiger partial charge < -0.3 is 20.3 Å². The van der Waals surface area contributed by atoms with Crippen molar-refractivity contribution >= 4 is 11.7 Å². The SMILES string of the molecule is Cc1cc([N+](=O)[O-])nn1Cc1ccccc1C(=O)NCCCN(C)C. The molecule has 0 saturated heterocycles. The van der Waals surface area contributed by atoms with Crippen LogP contribution in [0.2, 0.25) is 0 Å². The van der Waals surface area contributed by atoms with Crippen molar-refractivity contribution in [2.24, 2.45) is 0 Å². The molecule has 2 aromatic rings. The highest BCUT2D eigenvalue weighted by Gasteiger charge is 2.18. The van der Waals surface area contributed by atoms with Gasteiger partial charge in [-0.1, -0.05) is 18.2 Å². The molecular formula is C17H23N5O3. The van der Waals surface area contributed by atoms with Crippen molar-refractivity contribution in [2.75, 3.05) is 27.2 Å². The molecule has 8 nitrogen and oxygen atoms in total. The van der Waals surface area contributed by atoms with Crippen LogP contribution >= 0.6 is 0 Å². The van der Waals surface area contributed by atoms with Gasteiger partial charge in [0.15, 0.2) is 0 Å². The second-order valence-electron chi connectivity index (χ2n) is 6.13. The minimum absolute atomic E-state index is 0.145. The third-order valence-corrected chi connectivity index (χ3v) is 3.81. The topological polar surface area (TPSA) is 93.3 Å². The minimum Gasteiger partial charge on any atom is -0.358 e. The highest BCUT2D eigenvalue weighted by molar-refractivity contribution is 5.95. The Labute approximate surface area is 146 Å². The van der Waals surface area contributed by atoms with Crippen LogP contribution in [0.15, 0.2) is 30.3 Å². The predicted octanol–water partition coefficient (Wildman–Crippen LogP) is 1.83. The smallest absolute Gasteiger partial charge is 0.358 e. The number of hydrogen-bond acceptors (Lipinski definition) is 5. The van der Waals surface area contributed by atoms with Gasteiger partial charge in [0.05, 0.1) is 23.4 Å². The molecule has 1 N–H and O–H groups in total. The first-order valence-corrected chi connectivity index (χ1v) is 8.08. The molecule has 0 unspecified atom stereocenters. The van der Waals surface area contributed by atoms with E-state index in [9.17, 15) is 14.9 Å². The largest absolute Gasteiger partial charge is 0.390 e. The van der Waals surface area contributed by atoms with E-state index in [-0.39, 0.29) is 11.7 Å². The molecule has 25 heavy (non-hydrogen) atoms. The first kappa shape index (κ1) is 18.6. The van der Waals surface area contributed by atoms with Crippen LogP contribution in [0.4, 0.5) is 5.82 Å². The molecule has 8 heteroatoms. The molecule has 2 rings (SSSR count). The molecule has 0 aliphatic rings. The Morgan fingerprint density at radius 2 is 2.08 bits per heavy atom. The lowest BCUT2D eigenvalue weighted by molar-refractivity contribution is -0.389. The van der Waals surface area contributed by atoms with Crippen LogP contribution < -0.4 is 5.32 Å². The zero-order valence-corrected chi connectivity index (χ0v) is 14.7. The summed E-state index contributed by atoms with van der Waals surface area (Å²) in [4.78, 5) is 24.8. The second kappa shape index (κ2) is 8.39. The Hall–Kier alpha value is -2.74. The third-order valence-electron chi connectivity index (χ3n) is 3.81.